The van der Waals surface area contributed by atoms with E-state index in [-0.39, 0.29) is 22.6 Å². The van der Waals surface area contributed by atoms with Crippen molar-refractivity contribution in [2.45, 2.75) is 43.4 Å². The van der Waals surface area contributed by atoms with Crippen molar-refractivity contribution in [2.75, 3.05) is 12.3 Å². The van der Waals surface area contributed by atoms with Gasteiger partial charge in [-0.25, -0.2) is 0 Å². The highest BCUT2D eigenvalue weighted by Crippen LogP contribution is 2.39. The van der Waals surface area contributed by atoms with Crippen LogP contribution in [0.1, 0.15) is 38.7 Å². The van der Waals surface area contributed by atoms with Gasteiger partial charge in [0.25, 0.3) is 0 Å². The van der Waals surface area contributed by atoms with Crippen molar-refractivity contribution in [3.8, 4) is 0 Å². The monoisotopic (exact) mass is 311 g/mol. The normalized spacial score (nSPS) is 19.5. The summed E-state index contributed by atoms with van der Waals surface area (Å²) in [4.78, 5) is 13.5. The molecular formula is C16H22ClNOS. The molecule has 1 aromatic rings. The molecule has 1 aliphatic rings. The maximum atomic E-state index is 12.3. The molecule has 20 heavy (non-hydrogen) atoms. The van der Waals surface area contributed by atoms with Gasteiger partial charge in [0.15, 0.2) is 0 Å². The first kappa shape index (κ1) is 15.7. The van der Waals surface area contributed by atoms with Gasteiger partial charge in [0.2, 0.25) is 5.91 Å². The first-order valence-corrected chi connectivity index (χ1v) is 8.42. The maximum Gasteiger partial charge on any atom is 0.228 e. The SMILES string of the molecule is CC(C)(C)CC(Cl)CNC(=O)C1CSc2ccccc21. The summed E-state index contributed by atoms with van der Waals surface area (Å²) in [6.07, 6.45) is 0.894. The average molecular weight is 312 g/mol. The fourth-order valence-corrected chi connectivity index (χ4v) is 4.22. The highest BCUT2D eigenvalue weighted by molar-refractivity contribution is 7.99. The Hall–Kier alpha value is -0.670. The van der Waals surface area contributed by atoms with E-state index in [4.69, 9.17) is 11.6 Å². The molecule has 1 amide bonds. The molecule has 1 aliphatic heterocycles. The third kappa shape index (κ3) is 4.16. The van der Waals surface area contributed by atoms with Crippen molar-refractivity contribution in [1.29, 1.82) is 0 Å². The molecule has 2 unspecified atom stereocenters. The standard InChI is InChI=1S/C16H22ClNOS/c1-16(2,3)8-11(17)9-18-15(19)13-10-20-14-7-5-4-6-12(13)14/h4-7,11,13H,8-10H2,1-3H3,(H,18,19). The molecule has 0 aliphatic carbocycles. The van der Waals surface area contributed by atoms with Crippen LogP contribution in [-0.4, -0.2) is 23.6 Å². The topological polar surface area (TPSA) is 29.1 Å². The fourth-order valence-electron chi connectivity index (χ4n) is 2.45. The maximum absolute atomic E-state index is 12.3. The molecule has 0 bridgehead atoms. The van der Waals surface area contributed by atoms with E-state index >= 15 is 0 Å². The predicted octanol–water partition coefficient (Wildman–Crippen LogP) is 4.04. The number of alkyl halides is 1. The van der Waals surface area contributed by atoms with Crippen LogP contribution in [0.2, 0.25) is 0 Å². The number of thioether (sulfide) groups is 1. The van der Waals surface area contributed by atoms with Crippen LogP contribution in [-0.2, 0) is 4.79 Å². The van der Waals surface area contributed by atoms with Gasteiger partial charge in [0.05, 0.1) is 11.3 Å². The summed E-state index contributed by atoms with van der Waals surface area (Å²) >= 11 is 8.05. The lowest BCUT2D eigenvalue weighted by Crippen LogP contribution is -2.35. The minimum Gasteiger partial charge on any atom is -0.354 e. The van der Waals surface area contributed by atoms with E-state index in [0.29, 0.717) is 6.54 Å². The number of rotatable bonds is 4. The Labute approximate surface area is 130 Å². The Morgan fingerprint density at radius 3 is 2.85 bits per heavy atom. The fraction of sp³-hybridized carbons (Fsp3) is 0.562. The highest BCUT2D eigenvalue weighted by Gasteiger charge is 2.29. The van der Waals surface area contributed by atoms with Gasteiger partial charge in [-0.3, -0.25) is 4.79 Å². The third-order valence-corrected chi connectivity index (χ3v) is 4.84. The molecule has 0 fully saturated rings. The molecular weight excluding hydrogens is 290 g/mol. The molecule has 0 saturated heterocycles. The number of carbonyl (C=O) groups excluding carboxylic acids is 1. The minimum atomic E-state index is -0.0327. The van der Waals surface area contributed by atoms with Gasteiger partial charge in [-0.1, -0.05) is 39.0 Å². The van der Waals surface area contributed by atoms with Crippen LogP contribution in [0.4, 0.5) is 0 Å². The van der Waals surface area contributed by atoms with Gasteiger partial charge in [-0.05, 0) is 23.5 Å². The zero-order chi connectivity index (χ0) is 14.8. The largest absolute Gasteiger partial charge is 0.354 e. The van der Waals surface area contributed by atoms with Crippen molar-refractivity contribution < 1.29 is 4.79 Å². The first-order valence-electron chi connectivity index (χ1n) is 7.00. The molecule has 4 heteroatoms. The van der Waals surface area contributed by atoms with Gasteiger partial charge in [0, 0.05) is 17.2 Å². The van der Waals surface area contributed by atoms with Crippen LogP contribution < -0.4 is 5.32 Å². The molecule has 0 saturated carbocycles. The third-order valence-electron chi connectivity index (χ3n) is 3.35. The quantitative estimate of drug-likeness (QED) is 0.850. The van der Waals surface area contributed by atoms with Gasteiger partial charge < -0.3 is 5.32 Å². The Balaban J connectivity index is 1.88. The summed E-state index contributed by atoms with van der Waals surface area (Å²) < 4.78 is 0. The summed E-state index contributed by atoms with van der Waals surface area (Å²) in [5.74, 6) is 0.897. The summed E-state index contributed by atoms with van der Waals surface area (Å²) in [6.45, 7) is 7.02. The number of amides is 1. The van der Waals surface area contributed by atoms with Crippen molar-refractivity contribution in [1.82, 2.24) is 5.32 Å². The second-order valence-electron chi connectivity index (χ2n) is 6.51. The van der Waals surface area contributed by atoms with Gasteiger partial charge >= 0.3 is 0 Å². The van der Waals surface area contributed by atoms with E-state index in [1.165, 1.54) is 4.90 Å². The average Bonchev–Trinajstić information content (AvgIpc) is 2.78. The molecule has 0 spiro atoms. The number of carbonyl (C=O) groups is 1. The first-order chi connectivity index (χ1) is 9.37. The number of halogens is 1. The smallest absolute Gasteiger partial charge is 0.228 e. The zero-order valence-corrected chi connectivity index (χ0v) is 13.9. The molecule has 1 aromatic carbocycles. The Bertz CT molecular complexity index is 484. The van der Waals surface area contributed by atoms with Crippen molar-refractivity contribution in [2.24, 2.45) is 5.41 Å². The minimum absolute atomic E-state index is 0.0109. The summed E-state index contributed by atoms with van der Waals surface area (Å²) in [7, 11) is 0. The predicted molar refractivity (Wildman–Crippen MR) is 86.6 cm³/mol. The summed E-state index contributed by atoms with van der Waals surface area (Å²) in [5, 5.41) is 2.99. The van der Waals surface area contributed by atoms with Crippen molar-refractivity contribution in [3.05, 3.63) is 29.8 Å². The highest BCUT2D eigenvalue weighted by atomic mass is 35.5. The van der Waals surface area contributed by atoms with E-state index < -0.39 is 0 Å². The van der Waals surface area contributed by atoms with Gasteiger partial charge in [-0.15, -0.1) is 23.4 Å². The molecule has 2 rings (SSSR count). The molecule has 2 nitrogen and oxygen atoms in total. The number of benzene rings is 1. The van der Waals surface area contributed by atoms with E-state index in [1.807, 2.05) is 18.2 Å². The molecule has 2 atom stereocenters. The van der Waals surface area contributed by atoms with Crippen LogP contribution in [0.5, 0.6) is 0 Å². The molecule has 110 valence electrons. The van der Waals surface area contributed by atoms with Crippen LogP contribution >= 0.6 is 23.4 Å². The number of hydrogen-bond acceptors (Lipinski definition) is 2. The number of fused-ring (bicyclic) bond motifs is 1. The second kappa shape index (κ2) is 6.40. The zero-order valence-electron chi connectivity index (χ0n) is 12.3. The van der Waals surface area contributed by atoms with Gasteiger partial charge in [-0.2, -0.15) is 0 Å². The number of nitrogens with one attached hydrogen (secondary N) is 1. The molecule has 1 N–H and O–H groups in total. The molecule has 0 radical (unpaired) electrons. The summed E-state index contributed by atoms with van der Waals surface area (Å²) in [6, 6.07) is 8.14. The molecule has 1 heterocycles. The van der Waals surface area contributed by atoms with E-state index in [1.54, 1.807) is 11.8 Å². The lowest BCUT2D eigenvalue weighted by molar-refractivity contribution is -0.122. The number of hydrogen-bond donors (Lipinski definition) is 1. The molecule has 0 aromatic heterocycles. The Morgan fingerprint density at radius 1 is 1.45 bits per heavy atom. The lowest BCUT2D eigenvalue weighted by atomic mass is 9.90. The van der Waals surface area contributed by atoms with E-state index in [2.05, 4.69) is 32.2 Å². The summed E-state index contributed by atoms with van der Waals surface area (Å²) in [5.41, 5.74) is 1.34. The van der Waals surface area contributed by atoms with Crippen LogP contribution in [0.15, 0.2) is 29.2 Å². The van der Waals surface area contributed by atoms with Crippen LogP contribution in [0, 0.1) is 5.41 Å². The lowest BCUT2D eigenvalue weighted by Gasteiger charge is -2.22. The second-order valence-corrected chi connectivity index (χ2v) is 8.19. The van der Waals surface area contributed by atoms with Crippen LogP contribution in [0.25, 0.3) is 0 Å². The van der Waals surface area contributed by atoms with Crippen LogP contribution in [0.3, 0.4) is 0 Å². The van der Waals surface area contributed by atoms with Crippen molar-refractivity contribution >= 4 is 29.3 Å². The Morgan fingerprint density at radius 2 is 2.15 bits per heavy atom. The van der Waals surface area contributed by atoms with E-state index in [9.17, 15) is 4.79 Å². The van der Waals surface area contributed by atoms with Crippen molar-refractivity contribution in [3.63, 3.8) is 0 Å². The van der Waals surface area contributed by atoms with E-state index in [0.717, 1.165) is 17.7 Å². The Kier molecular flexibility index (Phi) is 5.03. The van der Waals surface area contributed by atoms with Gasteiger partial charge in [0.1, 0.15) is 0 Å².